The van der Waals surface area contributed by atoms with Gasteiger partial charge in [0.15, 0.2) is 0 Å². The predicted octanol–water partition coefficient (Wildman–Crippen LogP) is 1.51. The van der Waals surface area contributed by atoms with Crippen LogP contribution in [-0.4, -0.2) is 5.43 Å². The number of hydrogen-bond donors (Lipinski definition) is 0. The van der Waals surface area contributed by atoms with Crippen LogP contribution in [0, 0.1) is 13.0 Å². The third-order valence-corrected chi connectivity index (χ3v) is 9.27. The third kappa shape index (κ3) is 7.95. The average molecular weight is 603 g/mol. The van der Waals surface area contributed by atoms with Crippen molar-refractivity contribution >= 4 is 10.6 Å². The molecule has 0 aliphatic heterocycles. The van der Waals surface area contributed by atoms with E-state index in [2.05, 4.69) is 135 Å². The van der Waals surface area contributed by atoms with E-state index in [1.165, 1.54) is 38.9 Å². The molecule has 0 heterocycles. The van der Waals surface area contributed by atoms with E-state index >= 15 is 0 Å². The van der Waals surface area contributed by atoms with Gasteiger partial charge in [0, 0.05) is 0 Å². The van der Waals surface area contributed by atoms with Crippen molar-refractivity contribution in [3.05, 3.63) is 144 Å². The fourth-order valence-electron chi connectivity index (χ4n) is 4.14. The van der Waals surface area contributed by atoms with E-state index in [4.69, 9.17) is 0 Å². The van der Waals surface area contributed by atoms with Gasteiger partial charge in [0.05, 0.1) is 0 Å². The number of halogens is 2. The molecule has 0 radical (unpaired) electrons. The molecule has 0 unspecified atom stereocenters. The average Bonchev–Trinajstić information content (AvgIpc) is 3.54. The first kappa shape index (κ1) is 30.1. The van der Waals surface area contributed by atoms with Gasteiger partial charge >= 0.3 is 70.8 Å². The molecule has 0 spiro atoms. The third-order valence-electron chi connectivity index (χ3n) is 5.94. The second kappa shape index (κ2) is 15.2. The normalized spacial score (nSPS) is 10.1. The molecule has 0 saturated carbocycles. The minimum atomic E-state index is -0.122. The molecular formula is C32H28Cl2SiZr-2. The Bertz CT molecular complexity index is 1320. The van der Waals surface area contributed by atoms with Crippen LogP contribution in [0.3, 0.4) is 0 Å². The maximum absolute atomic E-state index is 3.30. The molecule has 4 heteroatoms. The maximum Gasteiger partial charge on any atom is -0.0253 e. The van der Waals surface area contributed by atoms with E-state index in [1.807, 2.05) is 6.07 Å². The van der Waals surface area contributed by atoms with Crippen LogP contribution in [0.15, 0.2) is 121 Å². The molecule has 0 bridgehead atoms. The molecule has 36 heavy (non-hydrogen) atoms. The first-order chi connectivity index (χ1) is 16.6. The van der Waals surface area contributed by atoms with Gasteiger partial charge in [-0.2, -0.15) is 53.6 Å². The number of aryl methyl sites for hydroxylation is 1. The van der Waals surface area contributed by atoms with Gasteiger partial charge < -0.3 is 24.8 Å². The molecule has 0 fully saturated rings. The summed E-state index contributed by atoms with van der Waals surface area (Å²) in [6.07, 6.45) is 1.05. The number of benzene rings is 4. The zero-order chi connectivity index (χ0) is 23.8. The summed E-state index contributed by atoms with van der Waals surface area (Å²) < 4.78 is 0. The van der Waals surface area contributed by atoms with E-state index in [-0.39, 0.29) is 30.2 Å². The summed E-state index contributed by atoms with van der Waals surface area (Å²) in [6, 6.07) is 45.7. The molecule has 0 aromatic heterocycles. The molecule has 5 aromatic carbocycles. The van der Waals surface area contributed by atoms with Crippen LogP contribution in [0.1, 0.15) is 16.7 Å². The van der Waals surface area contributed by atoms with Crippen molar-refractivity contribution in [2.75, 3.05) is 0 Å². The van der Waals surface area contributed by atoms with Crippen LogP contribution < -0.4 is 30.0 Å². The summed E-state index contributed by atoms with van der Waals surface area (Å²) in [4.78, 5) is 0. The van der Waals surface area contributed by atoms with Gasteiger partial charge in [-0.15, -0.1) is 5.56 Å². The Morgan fingerprint density at radius 1 is 0.750 bits per heavy atom. The van der Waals surface area contributed by atoms with Crippen molar-refractivity contribution in [2.45, 2.75) is 19.9 Å². The van der Waals surface area contributed by atoms with Gasteiger partial charge in [-0.3, -0.25) is 0 Å². The first-order valence-corrected chi connectivity index (χ1v) is 17.3. The molecule has 0 amide bonds. The Hall–Kier alpha value is -2.09. The van der Waals surface area contributed by atoms with E-state index in [0.717, 1.165) is 6.42 Å². The zero-order valence-corrected chi connectivity index (χ0v) is 25.5. The predicted molar refractivity (Wildman–Crippen MR) is 143 cm³/mol. The summed E-state index contributed by atoms with van der Waals surface area (Å²) in [5.74, 6) is 0. The van der Waals surface area contributed by atoms with Gasteiger partial charge in [-0.05, 0) is 13.3 Å². The van der Waals surface area contributed by atoms with E-state index < -0.39 is 0 Å². The summed E-state index contributed by atoms with van der Waals surface area (Å²) in [7, 11) is 0. The number of fused-ring (bicyclic) bond motifs is 3. The van der Waals surface area contributed by atoms with E-state index in [0.29, 0.717) is 0 Å². The topological polar surface area (TPSA) is 0 Å². The number of rotatable bonds is 2. The summed E-state index contributed by atoms with van der Waals surface area (Å²) in [5.41, 5.74) is 9.37. The molecule has 1 aliphatic carbocycles. The van der Waals surface area contributed by atoms with Crippen LogP contribution in [0.25, 0.3) is 22.3 Å². The Morgan fingerprint density at radius 3 is 2.03 bits per heavy atom. The van der Waals surface area contributed by atoms with Crippen molar-refractivity contribution in [2.24, 2.45) is 0 Å². The molecule has 180 valence electrons. The van der Waals surface area contributed by atoms with Crippen molar-refractivity contribution in [1.82, 2.24) is 0 Å². The van der Waals surface area contributed by atoms with E-state index in [9.17, 15) is 0 Å². The van der Waals surface area contributed by atoms with Crippen molar-refractivity contribution in [1.29, 1.82) is 0 Å². The minimum absolute atomic E-state index is 0. The fraction of sp³-hybridized carbons (Fsp3) is 0.0938. The molecule has 1 aliphatic rings. The molecule has 0 saturated heterocycles. The Balaban J connectivity index is 0.000000188. The van der Waals surface area contributed by atoms with Gasteiger partial charge in [0.25, 0.3) is 0 Å². The minimum Gasteiger partial charge on any atom is -1.00 e. The quantitative estimate of drug-likeness (QED) is 0.208. The molecule has 6 rings (SSSR count). The molecule has 0 atom stereocenters. The van der Waals surface area contributed by atoms with Gasteiger partial charge in [-0.25, -0.2) is 6.07 Å². The fourth-order valence-corrected chi connectivity index (χ4v) is 6.06. The van der Waals surface area contributed by atoms with Crippen molar-refractivity contribution < 1.29 is 48.1 Å². The summed E-state index contributed by atoms with van der Waals surface area (Å²) in [6.45, 7) is 4.49. The van der Waals surface area contributed by atoms with Gasteiger partial charge in [-0.1, -0.05) is 70.8 Å². The standard InChI is InChI=1S/C13H9.C12H11.C7H8Si.2ClH.Zr/c1-3-7-12-10(5-1)9-11-6-2-4-8-13(11)12;1-10-6-2-5-9-12(10)11-7-3-4-8-11;1-8-7-5-3-2-4-6-7;;;/h1-5,7-8H,9H2;2-9H,1H3;2-6H,1H3;2*1H;/q2*-1;;;;+2/p-2. The monoisotopic (exact) mass is 600 g/mol. The smallest absolute Gasteiger partial charge is 0.0253 e. The zero-order valence-electron chi connectivity index (χ0n) is 20.5. The van der Waals surface area contributed by atoms with Crippen LogP contribution >= 0.6 is 0 Å². The summed E-state index contributed by atoms with van der Waals surface area (Å²) in [5, 5.41) is 1.56. The van der Waals surface area contributed by atoms with E-state index in [1.54, 1.807) is 28.5 Å². The Labute approximate surface area is 243 Å². The van der Waals surface area contributed by atoms with Crippen LogP contribution in [0.5, 0.6) is 0 Å². The van der Waals surface area contributed by atoms with Gasteiger partial charge in [0.1, 0.15) is 0 Å². The first-order valence-electron chi connectivity index (χ1n) is 11.6. The van der Waals surface area contributed by atoms with Crippen LogP contribution in [0.4, 0.5) is 0 Å². The Kier molecular flexibility index (Phi) is 12.7. The maximum atomic E-state index is 3.30. The van der Waals surface area contributed by atoms with Crippen LogP contribution in [0.2, 0.25) is 6.55 Å². The van der Waals surface area contributed by atoms with Crippen molar-refractivity contribution in [3.8, 4) is 22.3 Å². The van der Waals surface area contributed by atoms with Crippen LogP contribution in [-0.2, 0) is 29.8 Å². The second-order valence-electron chi connectivity index (χ2n) is 8.38. The SMILES string of the molecule is C[Si](=[Zr+2])c1ccccc1.Cc1ccccc1-c1cc[cH-]c1.[Cl-].[Cl-].[c-]1cccc2c1Cc1ccccc1-2. The molecule has 0 N–H and O–H groups in total. The van der Waals surface area contributed by atoms with Gasteiger partial charge in [0.2, 0.25) is 0 Å². The molecular weight excluding hydrogens is 575 g/mol. The molecule has 0 nitrogen and oxygen atoms in total. The summed E-state index contributed by atoms with van der Waals surface area (Å²) >= 11 is 1.69. The molecule has 5 aromatic rings. The number of hydrogen-bond acceptors (Lipinski definition) is 0. The Morgan fingerprint density at radius 2 is 1.39 bits per heavy atom. The second-order valence-corrected chi connectivity index (χ2v) is 15.7. The van der Waals surface area contributed by atoms with Crippen molar-refractivity contribution in [3.63, 3.8) is 0 Å². The largest absolute Gasteiger partial charge is 1.00 e.